The van der Waals surface area contributed by atoms with Crippen LogP contribution in [0.25, 0.3) is 11.2 Å². The van der Waals surface area contributed by atoms with Crippen LogP contribution in [0.2, 0.25) is 0 Å². The molecule has 1 atom stereocenters. The van der Waals surface area contributed by atoms with E-state index in [1.807, 2.05) is 18.4 Å². The molecule has 9 heteroatoms. The summed E-state index contributed by atoms with van der Waals surface area (Å²) < 4.78 is 1.94. The molecule has 0 amide bonds. The van der Waals surface area contributed by atoms with Crippen LogP contribution in [0.5, 0.6) is 5.75 Å². The number of hydrogen-bond acceptors (Lipinski definition) is 8. The van der Waals surface area contributed by atoms with Crippen LogP contribution in [0.4, 0.5) is 17.5 Å². The fourth-order valence-corrected chi connectivity index (χ4v) is 2.80. The molecule has 3 rings (SSSR count). The molecule has 6 N–H and O–H groups in total. The van der Waals surface area contributed by atoms with Gasteiger partial charge < -0.3 is 31.1 Å². The molecule has 1 unspecified atom stereocenters. The zero-order chi connectivity index (χ0) is 21.2. The highest BCUT2D eigenvalue weighted by molar-refractivity contribution is 5.84. The first kappa shape index (κ1) is 20.7. The maximum absolute atomic E-state index is 10.2. The van der Waals surface area contributed by atoms with E-state index in [0.29, 0.717) is 47.3 Å². The number of anilines is 3. The number of aryl methyl sites for hydroxylation is 1. The Morgan fingerprint density at radius 2 is 2.00 bits per heavy atom. The van der Waals surface area contributed by atoms with Gasteiger partial charge in [-0.05, 0) is 39.0 Å². The maximum Gasteiger partial charge on any atom is 0.226 e. The van der Waals surface area contributed by atoms with Gasteiger partial charge in [-0.2, -0.15) is 9.97 Å². The molecular weight excluding hydrogens is 370 g/mol. The number of aliphatic hydroxyl groups is 1. The van der Waals surface area contributed by atoms with Crippen LogP contribution >= 0.6 is 0 Å². The second-order valence-electron chi connectivity index (χ2n) is 7.78. The molecule has 9 nitrogen and oxygen atoms in total. The number of hydrogen-bond donors (Lipinski definition) is 5. The van der Waals surface area contributed by atoms with E-state index in [0.717, 1.165) is 6.54 Å². The highest BCUT2D eigenvalue weighted by atomic mass is 16.3. The van der Waals surface area contributed by atoms with Crippen LogP contribution in [-0.4, -0.2) is 41.9 Å². The monoisotopic (exact) mass is 399 g/mol. The average Bonchev–Trinajstić information content (AvgIpc) is 3.09. The molecular formula is C20H29N7O2. The SMILES string of the molecule is CCn1cnc2c(NCc3cc(N)ccc3O)nc(NCC(C)C(C)(C)O)nc21. The van der Waals surface area contributed by atoms with Crippen molar-refractivity contribution in [2.45, 2.75) is 46.4 Å². The number of aromatic hydroxyl groups is 1. The lowest BCUT2D eigenvalue weighted by molar-refractivity contribution is 0.0303. The molecule has 0 saturated carbocycles. The molecule has 0 bridgehead atoms. The Bertz CT molecular complexity index is 994. The van der Waals surface area contributed by atoms with Gasteiger partial charge in [0, 0.05) is 36.8 Å². The Morgan fingerprint density at radius 3 is 2.69 bits per heavy atom. The number of imidazole rings is 1. The number of nitrogens with one attached hydrogen (secondary N) is 2. The van der Waals surface area contributed by atoms with E-state index >= 15 is 0 Å². The highest BCUT2D eigenvalue weighted by Crippen LogP contribution is 2.25. The molecule has 0 aliphatic heterocycles. The fraction of sp³-hybridized carbons (Fsp3) is 0.450. The third-order valence-corrected chi connectivity index (χ3v) is 5.13. The minimum Gasteiger partial charge on any atom is -0.508 e. The van der Waals surface area contributed by atoms with Crippen LogP contribution in [0, 0.1) is 5.92 Å². The molecule has 0 saturated heterocycles. The van der Waals surface area contributed by atoms with Gasteiger partial charge in [-0.3, -0.25) is 0 Å². The van der Waals surface area contributed by atoms with Crippen molar-refractivity contribution >= 4 is 28.6 Å². The van der Waals surface area contributed by atoms with Crippen molar-refractivity contribution in [1.82, 2.24) is 19.5 Å². The predicted molar refractivity (Wildman–Crippen MR) is 115 cm³/mol. The lowest BCUT2D eigenvalue weighted by Crippen LogP contribution is -2.33. The Hall–Kier alpha value is -3.07. The second-order valence-corrected chi connectivity index (χ2v) is 7.78. The summed E-state index contributed by atoms with van der Waals surface area (Å²) in [5.74, 6) is 1.16. The number of phenols is 1. The molecule has 0 fully saturated rings. The molecule has 1 aromatic carbocycles. The first-order chi connectivity index (χ1) is 13.7. The number of nitrogen functional groups attached to an aromatic ring is 1. The van der Waals surface area contributed by atoms with E-state index in [4.69, 9.17) is 5.73 Å². The van der Waals surface area contributed by atoms with Crippen LogP contribution in [0.3, 0.4) is 0 Å². The van der Waals surface area contributed by atoms with Crippen LogP contribution < -0.4 is 16.4 Å². The third kappa shape index (κ3) is 4.68. The summed E-state index contributed by atoms with van der Waals surface area (Å²) in [5, 5.41) is 26.7. The smallest absolute Gasteiger partial charge is 0.226 e. The second kappa shape index (κ2) is 8.12. The minimum atomic E-state index is -0.811. The number of nitrogens with zero attached hydrogens (tertiary/aromatic N) is 4. The van der Waals surface area contributed by atoms with Crippen molar-refractivity contribution < 1.29 is 10.2 Å². The summed E-state index contributed by atoms with van der Waals surface area (Å²) in [6.45, 7) is 9.12. The van der Waals surface area contributed by atoms with Gasteiger partial charge in [-0.1, -0.05) is 6.92 Å². The quantitative estimate of drug-likeness (QED) is 0.288. The van der Waals surface area contributed by atoms with Crippen molar-refractivity contribution in [2.75, 3.05) is 22.9 Å². The van der Waals surface area contributed by atoms with Crippen molar-refractivity contribution in [3.05, 3.63) is 30.1 Å². The zero-order valence-electron chi connectivity index (χ0n) is 17.3. The van der Waals surface area contributed by atoms with E-state index in [-0.39, 0.29) is 11.7 Å². The van der Waals surface area contributed by atoms with Gasteiger partial charge in [-0.15, -0.1) is 0 Å². The summed E-state index contributed by atoms with van der Waals surface area (Å²) in [7, 11) is 0. The first-order valence-electron chi connectivity index (χ1n) is 9.69. The van der Waals surface area contributed by atoms with E-state index in [1.54, 1.807) is 38.4 Å². The van der Waals surface area contributed by atoms with Gasteiger partial charge in [-0.25, -0.2) is 4.98 Å². The predicted octanol–water partition coefficient (Wildman–Crippen LogP) is 2.57. The minimum absolute atomic E-state index is 0.00136. The third-order valence-electron chi connectivity index (χ3n) is 5.13. The zero-order valence-corrected chi connectivity index (χ0v) is 17.3. The Kier molecular flexibility index (Phi) is 5.78. The average molecular weight is 399 g/mol. The van der Waals surface area contributed by atoms with E-state index in [1.165, 1.54) is 0 Å². The normalized spacial score (nSPS) is 12.9. The number of benzene rings is 1. The number of rotatable bonds is 8. The Morgan fingerprint density at radius 1 is 1.24 bits per heavy atom. The van der Waals surface area contributed by atoms with E-state index < -0.39 is 5.60 Å². The lowest BCUT2D eigenvalue weighted by Gasteiger charge is -2.26. The topological polar surface area (TPSA) is 134 Å². The van der Waals surface area contributed by atoms with Crippen molar-refractivity contribution in [3.63, 3.8) is 0 Å². The van der Waals surface area contributed by atoms with E-state index in [9.17, 15) is 10.2 Å². The molecule has 29 heavy (non-hydrogen) atoms. The summed E-state index contributed by atoms with van der Waals surface area (Å²) >= 11 is 0. The van der Waals surface area contributed by atoms with Gasteiger partial charge in [0.05, 0.1) is 11.9 Å². The van der Waals surface area contributed by atoms with Gasteiger partial charge in [0.15, 0.2) is 17.0 Å². The molecule has 0 aliphatic carbocycles. The van der Waals surface area contributed by atoms with Gasteiger partial charge in [0.2, 0.25) is 5.95 Å². The first-order valence-corrected chi connectivity index (χ1v) is 9.69. The molecule has 156 valence electrons. The Labute approximate surface area is 170 Å². The van der Waals surface area contributed by atoms with Crippen LogP contribution in [0.1, 0.15) is 33.3 Å². The largest absolute Gasteiger partial charge is 0.508 e. The van der Waals surface area contributed by atoms with Gasteiger partial charge in [0.1, 0.15) is 5.75 Å². The van der Waals surface area contributed by atoms with Gasteiger partial charge >= 0.3 is 0 Å². The van der Waals surface area contributed by atoms with Crippen molar-refractivity contribution in [1.29, 1.82) is 0 Å². The van der Waals surface area contributed by atoms with Crippen LogP contribution in [0.15, 0.2) is 24.5 Å². The number of nitrogens with two attached hydrogens (primary N) is 1. The van der Waals surface area contributed by atoms with Gasteiger partial charge in [0.25, 0.3) is 0 Å². The Balaban J connectivity index is 1.88. The molecule has 2 heterocycles. The molecule has 3 aromatic rings. The maximum atomic E-state index is 10.2. The van der Waals surface area contributed by atoms with Crippen molar-refractivity contribution in [3.8, 4) is 5.75 Å². The summed E-state index contributed by atoms with van der Waals surface area (Å²) in [4.78, 5) is 13.6. The highest BCUT2D eigenvalue weighted by Gasteiger charge is 2.22. The number of fused-ring (bicyclic) bond motifs is 1. The molecule has 0 aliphatic rings. The standard InChI is InChI=1S/C20H29N7O2/c1-5-27-11-24-16-17(22-10-13-8-14(21)6-7-15(13)28)25-19(26-18(16)27)23-9-12(2)20(3,4)29/h6-8,11-12,28-29H,5,9-10,21H2,1-4H3,(H2,22,23,25,26). The molecule has 2 aromatic heterocycles. The molecule has 0 radical (unpaired) electrons. The summed E-state index contributed by atoms with van der Waals surface area (Å²) in [5.41, 5.74) is 7.61. The number of aromatic nitrogens is 4. The van der Waals surface area contributed by atoms with Crippen LogP contribution in [-0.2, 0) is 13.1 Å². The fourth-order valence-electron chi connectivity index (χ4n) is 2.80. The molecule has 0 spiro atoms. The lowest BCUT2D eigenvalue weighted by atomic mass is 9.93. The van der Waals surface area contributed by atoms with E-state index in [2.05, 4.69) is 25.6 Å². The summed E-state index contributed by atoms with van der Waals surface area (Å²) in [6.07, 6.45) is 1.73. The van der Waals surface area contributed by atoms with Crippen molar-refractivity contribution in [2.24, 2.45) is 5.92 Å². The summed E-state index contributed by atoms with van der Waals surface area (Å²) in [6, 6.07) is 4.94. The number of phenolic OH excluding ortho intramolecular Hbond substituents is 1.